The highest BCUT2D eigenvalue weighted by atomic mass is 32.1. The lowest BCUT2D eigenvalue weighted by Gasteiger charge is -2.05. The number of aromatic nitrogens is 5. The molecule has 4 heterocycles. The van der Waals surface area contributed by atoms with E-state index in [1.807, 2.05) is 11.4 Å². The van der Waals surface area contributed by atoms with Gasteiger partial charge in [0.15, 0.2) is 5.13 Å². The van der Waals surface area contributed by atoms with Crippen LogP contribution in [0.5, 0.6) is 0 Å². The van der Waals surface area contributed by atoms with E-state index < -0.39 is 11.7 Å². The van der Waals surface area contributed by atoms with Crippen molar-refractivity contribution in [2.45, 2.75) is 12.6 Å². The highest BCUT2D eigenvalue weighted by Crippen LogP contribution is 2.32. The number of aromatic amines is 1. The fourth-order valence-electron chi connectivity index (χ4n) is 3.05. The molecule has 5 rings (SSSR count). The zero-order valence-electron chi connectivity index (χ0n) is 15.7. The number of benzene rings is 1. The summed E-state index contributed by atoms with van der Waals surface area (Å²) in [6.45, 7) is 0.677. The van der Waals surface area contributed by atoms with Crippen LogP contribution in [-0.4, -0.2) is 31.5 Å². The molecule has 1 aromatic carbocycles. The van der Waals surface area contributed by atoms with Crippen molar-refractivity contribution in [2.24, 2.45) is 0 Å². The highest BCUT2D eigenvalue weighted by molar-refractivity contribution is 7.17. The number of hydrogen-bond acceptors (Lipinski definition) is 8. The van der Waals surface area contributed by atoms with Crippen LogP contribution in [0.1, 0.15) is 10.4 Å². The maximum absolute atomic E-state index is 12.9. The molecule has 5 aromatic rings. The number of H-pyrrole nitrogens is 1. The number of halogens is 3. The van der Waals surface area contributed by atoms with Gasteiger partial charge in [-0.05, 0) is 29.6 Å². The average Bonchev–Trinajstić information content (AvgIpc) is 3.46. The summed E-state index contributed by atoms with van der Waals surface area (Å²) in [4.78, 5) is 21.0. The second-order valence-corrected chi connectivity index (χ2v) is 8.64. The van der Waals surface area contributed by atoms with E-state index in [0.717, 1.165) is 39.5 Å². The highest BCUT2D eigenvalue weighted by Gasteiger charge is 2.30. The first-order valence-electron chi connectivity index (χ1n) is 9.16. The van der Waals surface area contributed by atoms with Crippen molar-refractivity contribution in [2.75, 3.05) is 17.2 Å². The van der Waals surface area contributed by atoms with Crippen LogP contribution < -0.4 is 10.6 Å². The van der Waals surface area contributed by atoms with Crippen molar-refractivity contribution in [3.05, 3.63) is 52.6 Å². The molecule has 0 saturated carbocycles. The van der Waals surface area contributed by atoms with Gasteiger partial charge in [0.1, 0.15) is 12.1 Å². The van der Waals surface area contributed by atoms with E-state index in [2.05, 4.69) is 35.6 Å². The molecule has 12 heteroatoms. The molecule has 0 aliphatic rings. The predicted molar refractivity (Wildman–Crippen MR) is 116 cm³/mol. The second-order valence-electron chi connectivity index (χ2n) is 6.61. The Morgan fingerprint density at radius 3 is 2.84 bits per heavy atom. The monoisotopic (exact) mass is 461 g/mol. The third kappa shape index (κ3) is 4.16. The Morgan fingerprint density at radius 2 is 1.97 bits per heavy atom. The number of imidazole rings is 1. The van der Waals surface area contributed by atoms with Crippen LogP contribution in [0.4, 0.5) is 30.1 Å². The van der Waals surface area contributed by atoms with Crippen LogP contribution in [0.2, 0.25) is 0 Å². The normalized spacial score (nSPS) is 12.0. The molecule has 31 heavy (non-hydrogen) atoms. The average molecular weight is 461 g/mol. The number of anilines is 3. The quantitative estimate of drug-likeness (QED) is 0.312. The van der Waals surface area contributed by atoms with Crippen LogP contribution in [0.3, 0.4) is 0 Å². The fraction of sp³-hybridized carbons (Fsp3) is 0.158. The van der Waals surface area contributed by atoms with Crippen molar-refractivity contribution in [1.82, 2.24) is 24.9 Å². The molecular formula is C19H14F3N7S2. The number of fused-ring (bicyclic) bond motifs is 2. The van der Waals surface area contributed by atoms with Gasteiger partial charge in [0.2, 0.25) is 5.95 Å². The predicted octanol–water partition coefficient (Wildman–Crippen LogP) is 5.44. The minimum absolute atomic E-state index is 0.308. The van der Waals surface area contributed by atoms with Gasteiger partial charge in [0.25, 0.3) is 0 Å². The lowest BCUT2D eigenvalue weighted by Crippen LogP contribution is -2.05. The van der Waals surface area contributed by atoms with E-state index in [1.54, 1.807) is 17.5 Å². The van der Waals surface area contributed by atoms with Crippen molar-refractivity contribution < 1.29 is 13.2 Å². The van der Waals surface area contributed by atoms with Crippen molar-refractivity contribution in [1.29, 1.82) is 0 Å². The Kier molecular flexibility index (Phi) is 4.94. The number of alkyl halides is 3. The number of nitrogens with zero attached hydrogens (tertiary/aromatic N) is 4. The topological polar surface area (TPSA) is 91.4 Å². The number of rotatable bonds is 6. The Hall–Kier alpha value is -3.25. The van der Waals surface area contributed by atoms with E-state index in [4.69, 9.17) is 0 Å². The van der Waals surface area contributed by atoms with Crippen molar-refractivity contribution in [3.8, 4) is 0 Å². The number of thiophene rings is 1. The summed E-state index contributed by atoms with van der Waals surface area (Å²) in [5.41, 5.74) is 0.951. The van der Waals surface area contributed by atoms with Crippen LogP contribution in [0.15, 0.2) is 42.2 Å². The molecule has 0 bridgehead atoms. The van der Waals surface area contributed by atoms with Crippen LogP contribution >= 0.6 is 22.7 Å². The molecule has 0 aliphatic carbocycles. The first kappa shape index (κ1) is 19.7. The van der Waals surface area contributed by atoms with E-state index in [9.17, 15) is 13.2 Å². The molecule has 0 fully saturated rings. The maximum Gasteiger partial charge on any atom is 0.416 e. The Morgan fingerprint density at radius 1 is 1.06 bits per heavy atom. The van der Waals surface area contributed by atoms with Crippen LogP contribution in [0.25, 0.3) is 21.3 Å². The second kappa shape index (κ2) is 7.78. The van der Waals surface area contributed by atoms with Gasteiger partial charge in [0, 0.05) is 24.0 Å². The summed E-state index contributed by atoms with van der Waals surface area (Å²) in [5, 5.41) is 8.93. The van der Waals surface area contributed by atoms with E-state index in [1.165, 1.54) is 23.7 Å². The molecule has 0 atom stereocenters. The largest absolute Gasteiger partial charge is 0.416 e. The standard InChI is InChI=1S/C19H14F3N7S2/c20-19(21,22)10-1-2-12-14(7-10)28-17(27-12)29-18-24-8-11(31-18)3-5-23-16-15-13(4-6-30-15)25-9-26-16/h1-2,4,6-9H,3,5H2,(H,23,25,26)(H2,24,27,28,29). The van der Waals surface area contributed by atoms with E-state index in [-0.39, 0.29) is 0 Å². The van der Waals surface area contributed by atoms with Crippen molar-refractivity contribution >= 4 is 60.8 Å². The van der Waals surface area contributed by atoms with Gasteiger partial charge in [0.05, 0.1) is 26.8 Å². The van der Waals surface area contributed by atoms with Crippen molar-refractivity contribution in [3.63, 3.8) is 0 Å². The summed E-state index contributed by atoms with van der Waals surface area (Å²) in [5.74, 6) is 1.15. The molecule has 4 aromatic heterocycles. The van der Waals surface area contributed by atoms with Gasteiger partial charge in [-0.3, -0.25) is 0 Å². The minimum Gasteiger partial charge on any atom is -0.368 e. The van der Waals surface area contributed by atoms with Gasteiger partial charge in [-0.1, -0.05) is 0 Å². The maximum atomic E-state index is 12.9. The van der Waals surface area contributed by atoms with Gasteiger partial charge < -0.3 is 15.6 Å². The van der Waals surface area contributed by atoms with Gasteiger partial charge in [-0.2, -0.15) is 13.2 Å². The first-order valence-corrected chi connectivity index (χ1v) is 10.9. The van der Waals surface area contributed by atoms with Gasteiger partial charge in [-0.25, -0.2) is 19.9 Å². The zero-order chi connectivity index (χ0) is 21.4. The molecule has 0 amide bonds. The van der Waals surface area contributed by atoms with Crippen LogP contribution in [0, 0.1) is 0 Å². The molecular weight excluding hydrogens is 447 g/mol. The molecule has 0 spiro atoms. The van der Waals surface area contributed by atoms with E-state index >= 15 is 0 Å². The third-order valence-corrected chi connectivity index (χ3v) is 6.38. The molecule has 0 radical (unpaired) electrons. The Balaban J connectivity index is 1.23. The molecule has 3 N–H and O–H groups in total. The molecule has 0 saturated heterocycles. The molecule has 0 unspecified atom stereocenters. The fourth-order valence-corrected chi connectivity index (χ4v) is 4.67. The summed E-state index contributed by atoms with van der Waals surface area (Å²) < 4.78 is 39.6. The summed E-state index contributed by atoms with van der Waals surface area (Å²) in [6, 6.07) is 5.36. The van der Waals surface area contributed by atoms with Gasteiger partial charge in [-0.15, -0.1) is 22.7 Å². The number of thiazole rings is 1. The van der Waals surface area contributed by atoms with Crippen LogP contribution in [-0.2, 0) is 12.6 Å². The summed E-state index contributed by atoms with van der Waals surface area (Å²) in [7, 11) is 0. The van der Waals surface area contributed by atoms with E-state index in [0.29, 0.717) is 28.7 Å². The SMILES string of the molecule is FC(F)(F)c1ccc2nc(Nc3ncc(CCNc4ncnc5ccsc45)s3)[nH]c2c1. The zero-order valence-corrected chi connectivity index (χ0v) is 17.3. The molecule has 7 nitrogen and oxygen atoms in total. The third-order valence-electron chi connectivity index (χ3n) is 4.50. The number of hydrogen-bond donors (Lipinski definition) is 3. The lowest BCUT2D eigenvalue weighted by atomic mass is 10.2. The summed E-state index contributed by atoms with van der Waals surface area (Å²) >= 11 is 3.04. The smallest absolute Gasteiger partial charge is 0.368 e. The lowest BCUT2D eigenvalue weighted by molar-refractivity contribution is -0.137. The first-order chi connectivity index (χ1) is 15.0. The minimum atomic E-state index is -4.40. The molecule has 158 valence electrons. The molecule has 0 aliphatic heterocycles. The van der Waals surface area contributed by atoms with Gasteiger partial charge >= 0.3 is 6.18 Å². The Labute approximate surface area is 181 Å². The number of nitrogens with one attached hydrogen (secondary N) is 3. The summed E-state index contributed by atoms with van der Waals surface area (Å²) in [6.07, 6.45) is -0.353. The Bertz CT molecular complexity index is 1360.